The quantitative estimate of drug-likeness (QED) is 0.649. The first-order valence-corrected chi connectivity index (χ1v) is 11.1. The molecule has 0 unspecified atom stereocenters. The molecule has 3 aromatic rings. The zero-order valence-corrected chi connectivity index (χ0v) is 18.6. The third kappa shape index (κ3) is 4.72. The van der Waals surface area contributed by atoms with Crippen molar-refractivity contribution >= 4 is 11.8 Å². The van der Waals surface area contributed by atoms with E-state index in [4.69, 9.17) is 0 Å². The molecule has 0 aliphatic carbocycles. The summed E-state index contributed by atoms with van der Waals surface area (Å²) in [7, 11) is 0. The highest BCUT2D eigenvalue weighted by Crippen LogP contribution is 2.28. The molecule has 1 aromatic heterocycles. The molecule has 166 valence electrons. The summed E-state index contributed by atoms with van der Waals surface area (Å²) in [6, 6.07) is 16.7. The topological polar surface area (TPSA) is 82.2 Å². The number of H-pyrrole nitrogens is 1. The third-order valence-corrected chi connectivity index (χ3v) is 5.99. The van der Waals surface area contributed by atoms with Crippen LogP contribution in [0, 0.1) is 12.8 Å². The maximum atomic E-state index is 13.4. The van der Waals surface area contributed by atoms with E-state index in [0.717, 1.165) is 23.1 Å². The minimum Gasteiger partial charge on any atom is -0.341 e. The maximum absolute atomic E-state index is 13.4. The van der Waals surface area contributed by atoms with Crippen LogP contribution in [0.1, 0.15) is 35.1 Å². The predicted molar refractivity (Wildman–Crippen MR) is 123 cm³/mol. The highest BCUT2D eigenvalue weighted by atomic mass is 16.2. The van der Waals surface area contributed by atoms with E-state index in [-0.39, 0.29) is 23.6 Å². The van der Waals surface area contributed by atoms with E-state index in [1.165, 1.54) is 11.9 Å². The molecule has 1 aliphatic heterocycles. The van der Waals surface area contributed by atoms with Crippen molar-refractivity contribution in [2.45, 2.75) is 26.7 Å². The van der Waals surface area contributed by atoms with Gasteiger partial charge in [-0.3, -0.25) is 14.7 Å². The van der Waals surface area contributed by atoms with E-state index < -0.39 is 0 Å². The zero-order chi connectivity index (χ0) is 22.5. The molecule has 1 aliphatic rings. The summed E-state index contributed by atoms with van der Waals surface area (Å²) in [5.74, 6) is -0.216. The molecule has 7 nitrogen and oxygen atoms in total. The highest BCUT2D eigenvalue weighted by Gasteiger charge is 2.33. The second-order valence-electron chi connectivity index (χ2n) is 8.33. The van der Waals surface area contributed by atoms with Crippen LogP contribution in [-0.2, 0) is 11.2 Å². The molecule has 4 rings (SSSR count). The number of carbonyl (C=O) groups is 2. The molecule has 0 radical (unpaired) electrons. The van der Waals surface area contributed by atoms with Crippen molar-refractivity contribution in [3.05, 3.63) is 71.8 Å². The lowest BCUT2D eigenvalue weighted by atomic mass is 9.91. The average molecular weight is 432 g/mol. The summed E-state index contributed by atoms with van der Waals surface area (Å²) in [4.78, 5) is 34.0. The number of aromatic nitrogens is 3. The standard InChI is InChI=1S/C25H29N5O2/c1-3-12-29-13-14-30(25(32)23-26-17-27-28-23)16-21(24(29)31)15-20-6-4-5-7-22(20)19-10-8-18(2)9-11-19/h4-11,17,21H,3,12-16H2,1-2H3,(H,26,27,28)/t21-/m1/s1. The van der Waals surface area contributed by atoms with Crippen LogP contribution in [0.25, 0.3) is 11.1 Å². The molecule has 1 N–H and O–H groups in total. The number of nitrogens with zero attached hydrogens (tertiary/aromatic N) is 4. The molecule has 1 saturated heterocycles. The van der Waals surface area contributed by atoms with Crippen molar-refractivity contribution in [3.8, 4) is 11.1 Å². The fourth-order valence-corrected chi connectivity index (χ4v) is 4.31. The molecule has 1 atom stereocenters. The Labute approximate surface area is 188 Å². The van der Waals surface area contributed by atoms with Gasteiger partial charge in [-0.25, -0.2) is 4.98 Å². The van der Waals surface area contributed by atoms with Gasteiger partial charge in [0, 0.05) is 26.2 Å². The summed E-state index contributed by atoms with van der Waals surface area (Å²) in [5, 5.41) is 6.45. The van der Waals surface area contributed by atoms with E-state index in [0.29, 0.717) is 32.6 Å². The van der Waals surface area contributed by atoms with Gasteiger partial charge in [0.25, 0.3) is 5.91 Å². The average Bonchev–Trinajstić information content (AvgIpc) is 3.30. The summed E-state index contributed by atoms with van der Waals surface area (Å²) in [5.41, 5.74) is 4.58. The first kappa shape index (κ1) is 21.7. The van der Waals surface area contributed by atoms with Gasteiger partial charge in [-0.15, -0.1) is 0 Å². The van der Waals surface area contributed by atoms with Crippen molar-refractivity contribution in [2.75, 3.05) is 26.2 Å². The van der Waals surface area contributed by atoms with Gasteiger partial charge in [0.15, 0.2) is 0 Å². The fourth-order valence-electron chi connectivity index (χ4n) is 4.31. The van der Waals surface area contributed by atoms with Crippen LogP contribution in [0.3, 0.4) is 0 Å². The van der Waals surface area contributed by atoms with Crippen LogP contribution in [0.4, 0.5) is 0 Å². The number of aryl methyl sites for hydroxylation is 1. The smallest absolute Gasteiger partial charge is 0.291 e. The Morgan fingerprint density at radius 1 is 1.12 bits per heavy atom. The van der Waals surface area contributed by atoms with Gasteiger partial charge in [-0.2, -0.15) is 5.10 Å². The zero-order valence-electron chi connectivity index (χ0n) is 18.6. The van der Waals surface area contributed by atoms with Gasteiger partial charge in [0.1, 0.15) is 6.33 Å². The van der Waals surface area contributed by atoms with E-state index in [1.807, 2.05) is 17.0 Å². The predicted octanol–water partition coefficient (Wildman–Crippen LogP) is 3.33. The number of benzene rings is 2. The number of aromatic amines is 1. The van der Waals surface area contributed by atoms with Gasteiger partial charge in [0.2, 0.25) is 11.7 Å². The van der Waals surface area contributed by atoms with Gasteiger partial charge < -0.3 is 9.80 Å². The van der Waals surface area contributed by atoms with Gasteiger partial charge in [0.05, 0.1) is 5.92 Å². The van der Waals surface area contributed by atoms with Crippen molar-refractivity contribution < 1.29 is 9.59 Å². The molecule has 0 saturated carbocycles. The molecular formula is C25H29N5O2. The molecule has 2 heterocycles. The minimum atomic E-state index is -0.317. The summed E-state index contributed by atoms with van der Waals surface area (Å²) in [6.07, 6.45) is 2.78. The Morgan fingerprint density at radius 3 is 2.62 bits per heavy atom. The molecule has 0 spiro atoms. The van der Waals surface area contributed by atoms with Crippen molar-refractivity contribution in [1.29, 1.82) is 0 Å². The molecule has 1 fully saturated rings. The van der Waals surface area contributed by atoms with Crippen LogP contribution in [0.2, 0.25) is 0 Å². The Kier molecular flexibility index (Phi) is 6.63. The van der Waals surface area contributed by atoms with Crippen LogP contribution >= 0.6 is 0 Å². The number of carbonyl (C=O) groups excluding carboxylic acids is 2. The van der Waals surface area contributed by atoms with E-state index in [1.54, 1.807) is 4.90 Å². The first-order valence-electron chi connectivity index (χ1n) is 11.1. The molecule has 0 bridgehead atoms. The number of hydrogen-bond acceptors (Lipinski definition) is 4. The largest absolute Gasteiger partial charge is 0.341 e. The Bertz CT molecular complexity index is 1060. The number of amides is 2. The summed E-state index contributed by atoms with van der Waals surface area (Å²) in [6.45, 7) is 6.21. The van der Waals surface area contributed by atoms with Crippen LogP contribution in [0.5, 0.6) is 0 Å². The van der Waals surface area contributed by atoms with Crippen LogP contribution < -0.4 is 0 Å². The molecule has 7 heteroatoms. The molecule has 2 amide bonds. The van der Waals surface area contributed by atoms with E-state index in [2.05, 4.69) is 65.4 Å². The van der Waals surface area contributed by atoms with Gasteiger partial charge in [-0.05, 0) is 36.5 Å². The van der Waals surface area contributed by atoms with E-state index >= 15 is 0 Å². The summed E-state index contributed by atoms with van der Waals surface area (Å²) < 4.78 is 0. The minimum absolute atomic E-state index is 0.110. The highest BCUT2D eigenvalue weighted by molar-refractivity contribution is 5.91. The van der Waals surface area contributed by atoms with Crippen molar-refractivity contribution in [1.82, 2.24) is 25.0 Å². The van der Waals surface area contributed by atoms with Gasteiger partial charge >= 0.3 is 0 Å². The lowest BCUT2D eigenvalue weighted by Gasteiger charge is -2.24. The number of rotatable bonds is 6. The molecular weight excluding hydrogens is 402 g/mol. The lowest BCUT2D eigenvalue weighted by Crippen LogP contribution is -2.38. The van der Waals surface area contributed by atoms with Gasteiger partial charge in [-0.1, -0.05) is 61.0 Å². The first-order chi connectivity index (χ1) is 15.6. The lowest BCUT2D eigenvalue weighted by molar-refractivity contribution is -0.134. The second-order valence-corrected chi connectivity index (χ2v) is 8.33. The fraction of sp³-hybridized carbons (Fsp3) is 0.360. The normalized spacial score (nSPS) is 16.8. The Hall–Kier alpha value is -3.48. The molecule has 32 heavy (non-hydrogen) atoms. The third-order valence-electron chi connectivity index (χ3n) is 5.99. The Balaban J connectivity index is 1.63. The van der Waals surface area contributed by atoms with Crippen LogP contribution in [-0.4, -0.2) is 63.0 Å². The number of hydrogen-bond donors (Lipinski definition) is 1. The molecule has 2 aromatic carbocycles. The maximum Gasteiger partial charge on any atom is 0.291 e. The van der Waals surface area contributed by atoms with E-state index in [9.17, 15) is 9.59 Å². The van der Waals surface area contributed by atoms with Crippen molar-refractivity contribution in [2.24, 2.45) is 5.92 Å². The Morgan fingerprint density at radius 2 is 1.91 bits per heavy atom. The summed E-state index contributed by atoms with van der Waals surface area (Å²) >= 11 is 0. The number of nitrogens with one attached hydrogen (secondary N) is 1. The second kappa shape index (κ2) is 9.77. The monoisotopic (exact) mass is 431 g/mol. The van der Waals surface area contributed by atoms with Crippen molar-refractivity contribution in [3.63, 3.8) is 0 Å². The van der Waals surface area contributed by atoms with Crippen LogP contribution in [0.15, 0.2) is 54.9 Å². The SMILES string of the molecule is CCCN1CCN(C(=O)c2ncn[nH]2)C[C@@H](Cc2ccccc2-c2ccc(C)cc2)C1=O.